The summed E-state index contributed by atoms with van der Waals surface area (Å²) in [5, 5.41) is 14.7. The molecule has 0 aliphatic carbocycles. The van der Waals surface area contributed by atoms with Gasteiger partial charge in [0, 0.05) is 29.3 Å². The molecule has 0 bridgehead atoms. The smallest absolute Gasteiger partial charge is 0.252 e. The van der Waals surface area contributed by atoms with Gasteiger partial charge in [-0.15, -0.1) is 5.10 Å². The van der Waals surface area contributed by atoms with E-state index in [1.807, 2.05) is 12.1 Å². The van der Waals surface area contributed by atoms with Gasteiger partial charge in [-0.25, -0.2) is 4.98 Å². The summed E-state index contributed by atoms with van der Waals surface area (Å²) >= 11 is 6.29. The zero-order chi connectivity index (χ0) is 25.5. The van der Waals surface area contributed by atoms with Gasteiger partial charge in [-0.05, 0) is 65.2 Å². The molecule has 11 nitrogen and oxygen atoms in total. The molecule has 5 aromatic rings. The normalized spacial score (nSPS) is 14.5. The second kappa shape index (κ2) is 9.10. The van der Waals surface area contributed by atoms with Crippen molar-refractivity contribution in [2.24, 2.45) is 0 Å². The van der Waals surface area contributed by atoms with Crippen LogP contribution in [0, 0.1) is 0 Å². The number of tetrazole rings is 1. The average Bonchev–Trinajstić information content (AvgIpc) is 3.65. The largest absolute Gasteiger partial charge is 0.339 e. The lowest BCUT2D eigenvalue weighted by molar-refractivity contribution is -0.114. The van der Waals surface area contributed by atoms with E-state index in [4.69, 9.17) is 11.6 Å². The third-order valence-electron chi connectivity index (χ3n) is 6.27. The van der Waals surface area contributed by atoms with Crippen molar-refractivity contribution in [3.8, 4) is 28.2 Å². The highest BCUT2D eigenvalue weighted by atomic mass is 35.5. The second-order valence-corrected chi connectivity index (χ2v) is 9.15. The lowest BCUT2D eigenvalue weighted by Gasteiger charge is -2.15. The number of carbonyl (C=O) groups excluding carboxylic acids is 1. The lowest BCUT2D eigenvalue weighted by atomic mass is 10.0. The first kappa shape index (κ1) is 22.8. The quantitative estimate of drug-likeness (QED) is 0.367. The topological polar surface area (TPSA) is 136 Å². The van der Waals surface area contributed by atoms with Gasteiger partial charge in [0.1, 0.15) is 12.2 Å². The van der Waals surface area contributed by atoms with Crippen LogP contribution in [0.3, 0.4) is 0 Å². The molecule has 1 aliphatic heterocycles. The number of H-pyrrole nitrogens is 1. The molecule has 1 aromatic carbocycles. The van der Waals surface area contributed by atoms with Gasteiger partial charge in [-0.2, -0.15) is 4.68 Å². The number of pyridine rings is 2. The third kappa shape index (κ3) is 4.29. The molecule has 0 radical (unpaired) electrons. The fraction of sp³-hybridized carbons (Fsp3) is 0.160. The van der Waals surface area contributed by atoms with Crippen molar-refractivity contribution in [2.75, 3.05) is 5.32 Å². The van der Waals surface area contributed by atoms with Gasteiger partial charge in [0.05, 0.1) is 41.2 Å². The fourth-order valence-corrected chi connectivity index (χ4v) is 4.86. The molecule has 0 saturated heterocycles. The van der Waals surface area contributed by atoms with Gasteiger partial charge in [0.15, 0.2) is 0 Å². The van der Waals surface area contributed by atoms with Crippen molar-refractivity contribution in [2.45, 2.75) is 25.8 Å². The lowest BCUT2D eigenvalue weighted by Crippen LogP contribution is -2.23. The zero-order valence-electron chi connectivity index (χ0n) is 19.6. The van der Waals surface area contributed by atoms with Crippen molar-refractivity contribution < 1.29 is 4.79 Å². The molecule has 184 valence electrons. The minimum atomic E-state index is -0.220. The summed E-state index contributed by atoms with van der Waals surface area (Å²) in [6.45, 7) is 1.45. The van der Waals surface area contributed by atoms with E-state index in [-0.39, 0.29) is 17.5 Å². The summed E-state index contributed by atoms with van der Waals surface area (Å²) in [5.74, 6) is 0.530. The molecule has 1 atom stereocenters. The van der Waals surface area contributed by atoms with Crippen LogP contribution in [-0.2, 0) is 11.2 Å². The number of aromatic nitrogens is 8. The number of rotatable bonds is 5. The Hall–Kier alpha value is -4.64. The van der Waals surface area contributed by atoms with Gasteiger partial charge in [-0.3, -0.25) is 14.6 Å². The number of aryl methyl sites for hydroxylation is 1. The molecule has 1 amide bonds. The number of benzene rings is 1. The highest BCUT2D eigenvalue weighted by Gasteiger charge is 2.28. The summed E-state index contributed by atoms with van der Waals surface area (Å²) in [5.41, 5.74) is 5.04. The van der Waals surface area contributed by atoms with Gasteiger partial charge in [-0.1, -0.05) is 11.6 Å². The molecular formula is C25H20ClN9O2. The number of fused-ring (bicyclic) bond motifs is 1. The highest BCUT2D eigenvalue weighted by molar-refractivity contribution is 6.31. The Labute approximate surface area is 215 Å². The maximum Gasteiger partial charge on any atom is 0.252 e. The number of amides is 1. The Morgan fingerprint density at radius 3 is 2.78 bits per heavy atom. The van der Waals surface area contributed by atoms with E-state index < -0.39 is 0 Å². The van der Waals surface area contributed by atoms with Crippen molar-refractivity contribution in [3.05, 3.63) is 88.1 Å². The van der Waals surface area contributed by atoms with Crippen LogP contribution >= 0.6 is 11.6 Å². The SMILES string of the molecule is CC(=O)Nc1ccc(-c2cnc([C@@H]3CCc4cc(-c5cc(Cl)ccc5-n5cnnn5)cc(=O)n43)[nH]2)nc1. The number of hydrogen-bond acceptors (Lipinski definition) is 7. The first-order valence-corrected chi connectivity index (χ1v) is 11.9. The maximum atomic E-state index is 13.4. The summed E-state index contributed by atoms with van der Waals surface area (Å²) in [4.78, 5) is 36.9. The van der Waals surface area contributed by atoms with Crippen LogP contribution in [0.25, 0.3) is 28.2 Å². The van der Waals surface area contributed by atoms with E-state index in [1.54, 1.807) is 52.0 Å². The molecular weight excluding hydrogens is 494 g/mol. The number of imidazole rings is 1. The molecule has 0 saturated carbocycles. The highest BCUT2D eigenvalue weighted by Crippen LogP contribution is 2.34. The van der Waals surface area contributed by atoms with Crippen molar-refractivity contribution >= 4 is 23.2 Å². The molecule has 1 aliphatic rings. The van der Waals surface area contributed by atoms with Crippen molar-refractivity contribution in [1.29, 1.82) is 0 Å². The molecule has 2 N–H and O–H groups in total. The van der Waals surface area contributed by atoms with E-state index in [9.17, 15) is 9.59 Å². The zero-order valence-corrected chi connectivity index (χ0v) is 20.3. The van der Waals surface area contributed by atoms with Gasteiger partial charge in [0.25, 0.3) is 5.56 Å². The van der Waals surface area contributed by atoms with Crippen LogP contribution in [0.4, 0.5) is 5.69 Å². The molecule has 12 heteroatoms. The number of carbonyl (C=O) groups is 1. The Morgan fingerprint density at radius 1 is 1.14 bits per heavy atom. The Morgan fingerprint density at radius 2 is 2.03 bits per heavy atom. The second-order valence-electron chi connectivity index (χ2n) is 8.71. The van der Waals surface area contributed by atoms with Crippen LogP contribution in [0.2, 0.25) is 5.02 Å². The van der Waals surface area contributed by atoms with Crippen LogP contribution in [0.1, 0.15) is 30.9 Å². The van der Waals surface area contributed by atoms with Crippen LogP contribution < -0.4 is 10.9 Å². The van der Waals surface area contributed by atoms with Crippen LogP contribution in [0.15, 0.2) is 66.0 Å². The van der Waals surface area contributed by atoms with Gasteiger partial charge >= 0.3 is 0 Å². The summed E-state index contributed by atoms with van der Waals surface area (Å²) in [7, 11) is 0. The summed E-state index contributed by atoms with van der Waals surface area (Å²) in [6.07, 6.45) is 6.25. The molecule has 0 spiro atoms. The van der Waals surface area contributed by atoms with Crippen LogP contribution in [-0.4, -0.2) is 45.6 Å². The number of hydrogen-bond donors (Lipinski definition) is 2. The number of aromatic amines is 1. The van der Waals surface area contributed by atoms with E-state index in [2.05, 4.69) is 35.8 Å². The molecule has 37 heavy (non-hydrogen) atoms. The van der Waals surface area contributed by atoms with Crippen LogP contribution in [0.5, 0.6) is 0 Å². The van der Waals surface area contributed by atoms with E-state index in [1.165, 1.54) is 13.3 Å². The summed E-state index contributed by atoms with van der Waals surface area (Å²) in [6, 6.07) is 12.4. The number of halogens is 1. The molecule has 0 unspecified atom stereocenters. The third-order valence-corrected chi connectivity index (χ3v) is 6.50. The predicted octanol–water partition coefficient (Wildman–Crippen LogP) is 3.42. The van der Waals surface area contributed by atoms with E-state index in [0.29, 0.717) is 28.6 Å². The number of anilines is 1. The number of nitrogens with zero attached hydrogens (tertiary/aromatic N) is 7. The molecule has 0 fully saturated rings. The molecule has 4 aromatic heterocycles. The maximum absolute atomic E-state index is 13.4. The average molecular weight is 514 g/mol. The van der Waals surface area contributed by atoms with E-state index in [0.717, 1.165) is 34.6 Å². The van der Waals surface area contributed by atoms with Crippen molar-refractivity contribution in [1.82, 2.24) is 39.7 Å². The number of nitrogens with one attached hydrogen (secondary N) is 2. The fourth-order valence-electron chi connectivity index (χ4n) is 4.69. The minimum Gasteiger partial charge on any atom is -0.339 e. The Kier molecular flexibility index (Phi) is 5.61. The minimum absolute atomic E-state index is 0.131. The first-order chi connectivity index (χ1) is 18.0. The first-order valence-electron chi connectivity index (χ1n) is 11.5. The Balaban J connectivity index is 1.32. The Bertz CT molecular complexity index is 1670. The standard InChI is InChI=1S/C25H20ClN9O2/c1-14(36)30-17-3-5-20(27-11-17)21-12-28-25(31-21)23-7-4-18-8-15(9-24(37)35(18)23)19-10-16(26)2-6-22(19)34-13-29-32-33-34/h2-3,5-6,8-13,23H,4,7H2,1H3,(H,28,31)(H,30,36)/t23-/m0/s1. The monoisotopic (exact) mass is 513 g/mol. The van der Waals surface area contributed by atoms with Gasteiger partial charge in [0.2, 0.25) is 5.91 Å². The van der Waals surface area contributed by atoms with E-state index >= 15 is 0 Å². The van der Waals surface area contributed by atoms with Crippen molar-refractivity contribution in [3.63, 3.8) is 0 Å². The molecule has 5 heterocycles. The predicted molar refractivity (Wildman–Crippen MR) is 136 cm³/mol. The van der Waals surface area contributed by atoms with Gasteiger partial charge < -0.3 is 14.9 Å². The summed E-state index contributed by atoms with van der Waals surface area (Å²) < 4.78 is 3.32. The molecule has 6 rings (SSSR count).